The Labute approximate surface area is 166 Å². The second-order valence-electron chi connectivity index (χ2n) is 6.75. The zero-order valence-electron chi connectivity index (χ0n) is 15.3. The highest BCUT2D eigenvalue weighted by atomic mass is 35.5. The Bertz CT molecular complexity index is 1020. The van der Waals surface area contributed by atoms with E-state index in [1.807, 2.05) is 0 Å². The van der Waals surface area contributed by atoms with Crippen LogP contribution in [0.5, 0.6) is 11.6 Å². The molecule has 2 aromatic heterocycles. The number of ether oxygens (including phenoxy) is 1. The third-order valence-electron chi connectivity index (χ3n) is 4.76. The molecule has 2 heterocycles. The first kappa shape index (κ1) is 18.4. The van der Waals surface area contributed by atoms with Crippen molar-refractivity contribution in [1.29, 1.82) is 0 Å². The van der Waals surface area contributed by atoms with Gasteiger partial charge in [0.2, 0.25) is 11.8 Å². The molecule has 0 spiro atoms. The molecule has 6 nitrogen and oxygen atoms in total. The van der Waals surface area contributed by atoms with Gasteiger partial charge in [-0.25, -0.2) is 9.07 Å². The normalized spacial score (nSPS) is 18.0. The first-order valence-corrected chi connectivity index (χ1v) is 9.19. The molecule has 1 fully saturated rings. The number of pyridine rings is 1. The summed E-state index contributed by atoms with van der Waals surface area (Å²) in [7, 11) is 1.73. The molecular formula is C20H18ClFN4O2. The van der Waals surface area contributed by atoms with Crippen molar-refractivity contribution < 1.29 is 13.9 Å². The Morgan fingerprint density at radius 2 is 2.18 bits per heavy atom. The standard InChI is InChI=1S/C20H18ClFN4O2/c1-11-18(20(26(2)25-11)28-12-5-4-8-23-10-12)24-19(27)14-9-13(14)17-15(21)6-3-7-16(17)22/h3-8,10,13-14H,9H2,1-2H3,(H,24,27)/t13-,14+/m1/s1. The average molecular weight is 401 g/mol. The van der Waals surface area contributed by atoms with Crippen LogP contribution in [-0.4, -0.2) is 20.7 Å². The van der Waals surface area contributed by atoms with Crippen molar-refractivity contribution in [3.8, 4) is 11.6 Å². The molecule has 1 N–H and O–H groups in total. The van der Waals surface area contributed by atoms with Gasteiger partial charge in [0.15, 0.2) is 0 Å². The minimum Gasteiger partial charge on any atom is -0.436 e. The van der Waals surface area contributed by atoms with E-state index in [-0.39, 0.29) is 23.6 Å². The van der Waals surface area contributed by atoms with Crippen LogP contribution in [0.4, 0.5) is 10.1 Å². The van der Waals surface area contributed by atoms with Gasteiger partial charge in [0.05, 0.1) is 11.9 Å². The number of carbonyl (C=O) groups excluding carboxylic acids is 1. The third kappa shape index (κ3) is 3.45. The topological polar surface area (TPSA) is 69.0 Å². The zero-order chi connectivity index (χ0) is 19.8. The lowest BCUT2D eigenvalue weighted by Crippen LogP contribution is -2.15. The second kappa shape index (κ2) is 7.24. The van der Waals surface area contributed by atoms with E-state index in [1.54, 1.807) is 55.3 Å². The summed E-state index contributed by atoms with van der Waals surface area (Å²) in [5.74, 6) is -0.237. The predicted molar refractivity (Wildman–Crippen MR) is 103 cm³/mol. The molecule has 1 aromatic carbocycles. The van der Waals surface area contributed by atoms with E-state index in [0.717, 1.165) is 0 Å². The summed E-state index contributed by atoms with van der Waals surface area (Å²) < 4.78 is 21.5. The monoisotopic (exact) mass is 400 g/mol. The SMILES string of the molecule is Cc1nn(C)c(Oc2cccnc2)c1NC(=O)[C@H]1C[C@H]1c1c(F)cccc1Cl. The summed E-state index contributed by atoms with van der Waals surface area (Å²) in [5, 5.41) is 7.55. The minimum absolute atomic E-state index is 0.212. The molecule has 1 amide bonds. The third-order valence-corrected chi connectivity index (χ3v) is 5.09. The quantitative estimate of drug-likeness (QED) is 0.687. The molecule has 0 radical (unpaired) electrons. The van der Waals surface area contributed by atoms with E-state index in [2.05, 4.69) is 15.4 Å². The number of aromatic nitrogens is 3. The Kier molecular flexibility index (Phi) is 4.77. The van der Waals surface area contributed by atoms with Gasteiger partial charge in [0, 0.05) is 35.7 Å². The molecule has 3 aromatic rings. The first-order valence-electron chi connectivity index (χ1n) is 8.82. The van der Waals surface area contributed by atoms with E-state index in [9.17, 15) is 9.18 Å². The number of aryl methyl sites for hydroxylation is 2. The highest BCUT2D eigenvalue weighted by Crippen LogP contribution is 2.51. The lowest BCUT2D eigenvalue weighted by molar-refractivity contribution is -0.117. The van der Waals surface area contributed by atoms with Gasteiger partial charge in [0.1, 0.15) is 17.3 Å². The molecule has 144 valence electrons. The zero-order valence-corrected chi connectivity index (χ0v) is 16.1. The van der Waals surface area contributed by atoms with Crippen LogP contribution in [0, 0.1) is 18.7 Å². The molecule has 4 rings (SSSR count). The van der Waals surface area contributed by atoms with Crippen LogP contribution in [-0.2, 0) is 11.8 Å². The van der Waals surface area contributed by atoms with Crippen molar-refractivity contribution in [1.82, 2.24) is 14.8 Å². The van der Waals surface area contributed by atoms with Crippen molar-refractivity contribution in [3.05, 3.63) is 64.8 Å². The number of halogens is 2. The molecular weight excluding hydrogens is 383 g/mol. The van der Waals surface area contributed by atoms with Gasteiger partial charge in [-0.1, -0.05) is 17.7 Å². The number of anilines is 1. The highest BCUT2D eigenvalue weighted by molar-refractivity contribution is 6.31. The number of nitrogens with one attached hydrogen (secondary N) is 1. The van der Waals surface area contributed by atoms with Gasteiger partial charge in [-0.15, -0.1) is 0 Å². The summed E-state index contributed by atoms with van der Waals surface area (Å²) in [6.07, 6.45) is 3.76. The van der Waals surface area contributed by atoms with Crippen molar-refractivity contribution in [3.63, 3.8) is 0 Å². The van der Waals surface area contributed by atoms with Crippen LogP contribution >= 0.6 is 11.6 Å². The number of carbonyl (C=O) groups is 1. The van der Waals surface area contributed by atoms with Crippen LogP contribution in [0.15, 0.2) is 42.7 Å². The molecule has 1 aliphatic rings. The van der Waals surface area contributed by atoms with E-state index in [1.165, 1.54) is 6.07 Å². The Morgan fingerprint density at radius 1 is 1.36 bits per heavy atom. The molecule has 1 saturated carbocycles. The van der Waals surface area contributed by atoms with Crippen LogP contribution in [0.3, 0.4) is 0 Å². The number of hydrogen-bond donors (Lipinski definition) is 1. The highest BCUT2D eigenvalue weighted by Gasteiger charge is 2.46. The van der Waals surface area contributed by atoms with Gasteiger partial charge >= 0.3 is 0 Å². The molecule has 0 saturated heterocycles. The molecule has 0 bridgehead atoms. The summed E-state index contributed by atoms with van der Waals surface area (Å²) in [4.78, 5) is 16.8. The fraction of sp³-hybridized carbons (Fsp3) is 0.250. The fourth-order valence-electron chi connectivity index (χ4n) is 3.30. The Hall–Kier alpha value is -2.93. The predicted octanol–water partition coefficient (Wildman–Crippen LogP) is 4.45. The number of benzene rings is 1. The van der Waals surface area contributed by atoms with E-state index < -0.39 is 0 Å². The van der Waals surface area contributed by atoms with Gasteiger partial charge in [-0.3, -0.25) is 9.78 Å². The lowest BCUT2D eigenvalue weighted by Gasteiger charge is -2.10. The van der Waals surface area contributed by atoms with Crippen LogP contribution in [0.2, 0.25) is 5.02 Å². The Morgan fingerprint density at radius 3 is 2.89 bits per heavy atom. The maximum absolute atomic E-state index is 14.1. The van der Waals surface area contributed by atoms with Crippen LogP contribution in [0.25, 0.3) is 0 Å². The molecule has 0 unspecified atom stereocenters. The Balaban J connectivity index is 1.53. The molecule has 1 aliphatic carbocycles. The maximum atomic E-state index is 14.1. The fourth-order valence-corrected chi connectivity index (χ4v) is 3.60. The smallest absolute Gasteiger partial charge is 0.241 e. The number of hydrogen-bond acceptors (Lipinski definition) is 4. The average Bonchev–Trinajstić information content (AvgIpc) is 3.40. The molecule has 2 atom stereocenters. The summed E-state index contributed by atoms with van der Waals surface area (Å²) in [6, 6.07) is 8.07. The van der Waals surface area contributed by atoms with Gasteiger partial charge in [-0.05, 0) is 37.6 Å². The minimum atomic E-state index is -0.383. The van der Waals surface area contributed by atoms with Crippen molar-refractivity contribution in [2.75, 3.05) is 5.32 Å². The maximum Gasteiger partial charge on any atom is 0.241 e. The summed E-state index contributed by atoms with van der Waals surface area (Å²) in [6.45, 7) is 1.78. The van der Waals surface area contributed by atoms with Gasteiger partial charge in [-0.2, -0.15) is 5.10 Å². The van der Waals surface area contributed by atoms with Crippen LogP contribution in [0.1, 0.15) is 23.6 Å². The first-order chi connectivity index (χ1) is 13.5. The molecule has 8 heteroatoms. The number of rotatable bonds is 5. The van der Waals surface area contributed by atoms with Crippen LogP contribution < -0.4 is 10.1 Å². The molecule has 0 aliphatic heterocycles. The largest absolute Gasteiger partial charge is 0.436 e. The van der Waals surface area contributed by atoms with E-state index >= 15 is 0 Å². The summed E-state index contributed by atoms with van der Waals surface area (Å²) in [5.41, 5.74) is 1.51. The van der Waals surface area contributed by atoms with E-state index in [4.69, 9.17) is 16.3 Å². The van der Waals surface area contributed by atoms with Crippen molar-refractivity contribution in [2.24, 2.45) is 13.0 Å². The van der Waals surface area contributed by atoms with Gasteiger partial charge < -0.3 is 10.1 Å². The van der Waals surface area contributed by atoms with Crippen molar-refractivity contribution in [2.45, 2.75) is 19.3 Å². The number of amides is 1. The van der Waals surface area contributed by atoms with E-state index in [0.29, 0.717) is 40.0 Å². The molecule has 28 heavy (non-hydrogen) atoms. The second-order valence-corrected chi connectivity index (χ2v) is 7.16. The van der Waals surface area contributed by atoms with Gasteiger partial charge in [0.25, 0.3) is 0 Å². The summed E-state index contributed by atoms with van der Waals surface area (Å²) >= 11 is 6.13. The lowest BCUT2D eigenvalue weighted by atomic mass is 10.1. The van der Waals surface area contributed by atoms with Crippen molar-refractivity contribution >= 4 is 23.2 Å². The number of nitrogens with zero attached hydrogens (tertiary/aromatic N) is 3.